The highest BCUT2D eigenvalue weighted by atomic mass is 16.5. The smallest absolute Gasteiger partial charge is 0.239 e. The van der Waals surface area contributed by atoms with Gasteiger partial charge in [0.2, 0.25) is 11.8 Å². The Bertz CT molecular complexity index is 1300. The summed E-state index contributed by atoms with van der Waals surface area (Å²) in [6.45, 7) is 5.12. The van der Waals surface area contributed by atoms with Gasteiger partial charge in [0.1, 0.15) is 5.75 Å². The van der Waals surface area contributed by atoms with Crippen LogP contribution in [0.3, 0.4) is 0 Å². The van der Waals surface area contributed by atoms with E-state index in [-0.39, 0.29) is 30.4 Å². The summed E-state index contributed by atoms with van der Waals surface area (Å²) in [7, 11) is 1.90. The molecule has 0 aliphatic carbocycles. The van der Waals surface area contributed by atoms with Crippen LogP contribution in [-0.2, 0) is 16.1 Å². The first-order chi connectivity index (χ1) is 20.3. The molecule has 0 saturated carbocycles. The van der Waals surface area contributed by atoms with Gasteiger partial charge in [-0.25, -0.2) is 4.99 Å². The van der Waals surface area contributed by atoms with Gasteiger partial charge in [0.05, 0.1) is 24.9 Å². The molecule has 1 aliphatic heterocycles. The Morgan fingerprint density at radius 3 is 2.24 bits per heavy atom. The average molecular weight is 570 g/mol. The molecule has 8 nitrogen and oxygen atoms in total. The van der Waals surface area contributed by atoms with Gasteiger partial charge in [-0.15, -0.1) is 0 Å². The van der Waals surface area contributed by atoms with Crippen LogP contribution < -0.4 is 15.8 Å². The first kappa shape index (κ1) is 30.6. The van der Waals surface area contributed by atoms with Crippen LogP contribution in [0.4, 0.5) is 5.69 Å². The number of amides is 2. The maximum Gasteiger partial charge on any atom is 0.239 e. The van der Waals surface area contributed by atoms with E-state index in [2.05, 4.69) is 34.6 Å². The molecule has 4 rings (SSSR count). The highest BCUT2D eigenvalue weighted by Crippen LogP contribution is 2.30. The Morgan fingerprint density at radius 1 is 0.952 bits per heavy atom. The molecule has 0 fully saturated rings. The van der Waals surface area contributed by atoms with Crippen molar-refractivity contribution in [2.75, 3.05) is 20.2 Å². The van der Waals surface area contributed by atoms with Crippen molar-refractivity contribution in [1.29, 1.82) is 0 Å². The SMILES string of the molecule is CC(C)NC(=O)CN1Cc2cc(OCCCCCCC(=O)N(C)C(c3ccccc3)c3ccccc3)ccc2N=C1N. The van der Waals surface area contributed by atoms with Gasteiger partial charge in [-0.2, -0.15) is 0 Å². The number of hydrogen-bond donors (Lipinski definition) is 2. The number of unbranched alkanes of at least 4 members (excludes halogenated alkanes) is 3. The van der Waals surface area contributed by atoms with E-state index >= 15 is 0 Å². The molecule has 42 heavy (non-hydrogen) atoms. The highest BCUT2D eigenvalue weighted by Gasteiger charge is 2.23. The first-order valence-corrected chi connectivity index (χ1v) is 14.8. The number of carbonyl (C=O) groups is 2. The van der Waals surface area contributed by atoms with Gasteiger partial charge in [-0.1, -0.05) is 73.5 Å². The van der Waals surface area contributed by atoms with Crippen LogP contribution in [0.2, 0.25) is 0 Å². The molecule has 0 atom stereocenters. The summed E-state index contributed by atoms with van der Waals surface area (Å²) in [4.78, 5) is 33.4. The van der Waals surface area contributed by atoms with Gasteiger partial charge < -0.3 is 25.6 Å². The second-order valence-corrected chi connectivity index (χ2v) is 11.1. The summed E-state index contributed by atoms with van der Waals surface area (Å²) in [5.41, 5.74) is 10.1. The summed E-state index contributed by atoms with van der Waals surface area (Å²) in [5.74, 6) is 1.19. The van der Waals surface area contributed by atoms with E-state index in [1.807, 2.05) is 80.4 Å². The standard InChI is InChI=1S/C34H43N5O3/c1-25(2)36-31(40)24-39-23-28-22-29(19-20-30(28)37-34(39)35)42-21-13-5-4-12-18-32(41)38(3)33(26-14-8-6-9-15-26)27-16-10-7-11-17-27/h6-11,14-17,19-20,22,25,33H,4-5,12-13,18,21,23-24H2,1-3H3,(H2,35,37)(H,36,40). The fraction of sp³-hybridized carbons (Fsp3) is 0.382. The fourth-order valence-corrected chi connectivity index (χ4v) is 5.20. The second-order valence-electron chi connectivity index (χ2n) is 11.1. The summed E-state index contributed by atoms with van der Waals surface area (Å²) < 4.78 is 6.01. The Labute approximate surface area is 249 Å². The minimum Gasteiger partial charge on any atom is -0.494 e. The number of nitrogens with zero attached hydrogens (tertiary/aromatic N) is 3. The zero-order valence-corrected chi connectivity index (χ0v) is 25.0. The molecule has 0 saturated heterocycles. The number of aliphatic imine (C=N–C) groups is 1. The Hall–Kier alpha value is -4.33. The normalized spacial score (nSPS) is 12.6. The summed E-state index contributed by atoms with van der Waals surface area (Å²) in [6, 6.07) is 26.1. The van der Waals surface area contributed by atoms with Crippen LogP contribution >= 0.6 is 0 Å². The highest BCUT2D eigenvalue weighted by molar-refractivity contribution is 5.88. The average Bonchev–Trinajstić information content (AvgIpc) is 2.98. The van der Waals surface area contributed by atoms with Crippen molar-refractivity contribution in [2.45, 2.75) is 64.6 Å². The van der Waals surface area contributed by atoms with E-state index in [1.54, 1.807) is 4.90 Å². The number of benzene rings is 3. The third kappa shape index (κ3) is 8.59. The van der Waals surface area contributed by atoms with E-state index in [1.165, 1.54) is 0 Å². The molecule has 0 radical (unpaired) electrons. The molecule has 0 unspecified atom stereocenters. The van der Waals surface area contributed by atoms with E-state index in [0.29, 0.717) is 25.5 Å². The molecule has 222 valence electrons. The zero-order chi connectivity index (χ0) is 29.9. The predicted octanol–water partition coefficient (Wildman–Crippen LogP) is 5.55. The number of fused-ring (bicyclic) bond motifs is 1. The quantitative estimate of drug-likeness (QED) is 0.248. The number of rotatable bonds is 14. The fourth-order valence-electron chi connectivity index (χ4n) is 5.20. The summed E-state index contributed by atoms with van der Waals surface area (Å²) in [5, 5.41) is 2.89. The zero-order valence-electron chi connectivity index (χ0n) is 25.0. The molecule has 3 aromatic rings. The van der Waals surface area contributed by atoms with E-state index in [0.717, 1.165) is 53.8 Å². The molecule has 3 aromatic carbocycles. The number of nitrogens with two attached hydrogens (primary N) is 1. The molecule has 1 heterocycles. The van der Waals surface area contributed by atoms with Crippen LogP contribution in [-0.4, -0.2) is 53.8 Å². The number of nitrogens with one attached hydrogen (secondary N) is 1. The van der Waals surface area contributed by atoms with Crippen molar-refractivity contribution in [2.24, 2.45) is 10.7 Å². The van der Waals surface area contributed by atoms with Crippen molar-refractivity contribution in [1.82, 2.24) is 15.1 Å². The van der Waals surface area contributed by atoms with Gasteiger partial charge in [0.25, 0.3) is 0 Å². The van der Waals surface area contributed by atoms with Crippen molar-refractivity contribution in [3.05, 3.63) is 95.6 Å². The number of guanidine groups is 1. The Morgan fingerprint density at radius 2 is 1.60 bits per heavy atom. The van der Waals surface area contributed by atoms with Gasteiger partial charge in [-0.3, -0.25) is 9.59 Å². The third-order valence-electron chi connectivity index (χ3n) is 7.32. The van der Waals surface area contributed by atoms with Crippen LogP contribution in [0.25, 0.3) is 0 Å². The molecule has 0 spiro atoms. The minimum absolute atomic E-state index is 0.0706. The molecule has 0 aromatic heterocycles. The number of hydrogen-bond acceptors (Lipinski definition) is 6. The molecule has 8 heteroatoms. The maximum atomic E-state index is 13.1. The van der Waals surface area contributed by atoms with Crippen molar-refractivity contribution >= 4 is 23.5 Å². The van der Waals surface area contributed by atoms with Crippen molar-refractivity contribution in [3.63, 3.8) is 0 Å². The van der Waals surface area contributed by atoms with Gasteiger partial charge in [-0.05, 0) is 56.0 Å². The van der Waals surface area contributed by atoms with E-state index in [9.17, 15) is 9.59 Å². The van der Waals surface area contributed by atoms with Crippen molar-refractivity contribution < 1.29 is 14.3 Å². The van der Waals surface area contributed by atoms with Gasteiger partial charge in [0, 0.05) is 31.6 Å². The number of ether oxygens (including phenoxy) is 1. The van der Waals surface area contributed by atoms with Crippen LogP contribution in [0.1, 0.15) is 68.7 Å². The largest absolute Gasteiger partial charge is 0.494 e. The molecule has 1 aliphatic rings. The monoisotopic (exact) mass is 569 g/mol. The van der Waals surface area contributed by atoms with E-state index < -0.39 is 0 Å². The second kappa shape index (κ2) is 15.1. The van der Waals surface area contributed by atoms with Gasteiger partial charge in [0.15, 0.2) is 5.96 Å². The molecule has 0 bridgehead atoms. The van der Waals surface area contributed by atoms with Crippen molar-refractivity contribution in [3.8, 4) is 5.75 Å². The Balaban J connectivity index is 1.19. The molecular formula is C34H43N5O3. The third-order valence-corrected chi connectivity index (χ3v) is 7.32. The lowest BCUT2D eigenvalue weighted by Gasteiger charge is -2.29. The topological polar surface area (TPSA) is 100 Å². The molecular weight excluding hydrogens is 526 g/mol. The minimum atomic E-state index is -0.101. The summed E-state index contributed by atoms with van der Waals surface area (Å²) in [6.07, 6.45) is 4.23. The predicted molar refractivity (Wildman–Crippen MR) is 167 cm³/mol. The molecule has 3 N–H and O–H groups in total. The van der Waals surface area contributed by atoms with E-state index in [4.69, 9.17) is 10.5 Å². The van der Waals surface area contributed by atoms with Gasteiger partial charge >= 0.3 is 0 Å². The maximum absolute atomic E-state index is 13.1. The Kier molecular flexibility index (Phi) is 11.0. The lowest BCUT2D eigenvalue weighted by molar-refractivity contribution is -0.131. The first-order valence-electron chi connectivity index (χ1n) is 14.8. The lowest BCUT2D eigenvalue weighted by atomic mass is 9.97. The van der Waals surface area contributed by atoms with Crippen LogP contribution in [0.15, 0.2) is 83.9 Å². The lowest BCUT2D eigenvalue weighted by Crippen LogP contribution is -2.46. The summed E-state index contributed by atoms with van der Waals surface area (Å²) >= 11 is 0. The van der Waals surface area contributed by atoms with Crippen LogP contribution in [0, 0.1) is 0 Å². The van der Waals surface area contributed by atoms with Crippen LogP contribution in [0.5, 0.6) is 5.75 Å². The molecule has 2 amide bonds. The number of carbonyl (C=O) groups excluding carboxylic acids is 2.